The van der Waals surface area contributed by atoms with E-state index in [1.54, 1.807) is 42.5 Å². The average molecular weight is 325 g/mol. The van der Waals surface area contributed by atoms with Crippen LogP contribution in [-0.2, 0) is 9.59 Å². The van der Waals surface area contributed by atoms with E-state index in [2.05, 4.69) is 9.97 Å². The molecule has 0 N–H and O–H groups in total. The van der Waals surface area contributed by atoms with Crippen molar-refractivity contribution in [3.8, 4) is 0 Å². The molecule has 0 aliphatic carbocycles. The van der Waals surface area contributed by atoms with Crippen LogP contribution in [0.1, 0.15) is 0 Å². The van der Waals surface area contributed by atoms with Crippen LogP contribution in [0.2, 0.25) is 0 Å². The second-order valence-corrected chi connectivity index (χ2v) is 5.53. The molecular weight excluding hydrogens is 306 g/mol. The normalized spacial score (nSPS) is 14.4. The molecule has 1 saturated heterocycles. The number of aromatic nitrogens is 2. The van der Waals surface area contributed by atoms with Crippen LogP contribution in [0.3, 0.4) is 0 Å². The quantitative estimate of drug-likeness (QED) is 0.764. The summed E-state index contributed by atoms with van der Waals surface area (Å²) in [5, 5.41) is 0. The zero-order chi connectivity index (χ0) is 16.9. The van der Waals surface area contributed by atoms with E-state index in [0.717, 1.165) is 0 Å². The maximum absolute atomic E-state index is 12.4. The number of para-hydroxylation sites is 1. The van der Waals surface area contributed by atoms with Crippen molar-refractivity contribution in [3.63, 3.8) is 0 Å². The molecule has 0 unspecified atom stereocenters. The lowest BCUT2D eigenvalue weighted by Gasteiger charge is -2.34. The first-order valence-corrected chi connectivity index (χ1v) is 7.81. The summed E-state index contributed by atoms with van der Waals surface area (Å²) in [6.45, 7) is 2.17. The number of amides is 2. The van der Waals surface area contributed by atoms with Crippen molar-refractivity contribution in [1.82, 2.24) is 14.9 Å². The van der Waals surface area contributed by atoms with Crippen molar-refractivity contribution < 1.29 is 9.59 Å². The van der Waals surface area contributed by atoms with E-state index in [4.69, 9.17) is 0 Å². The second kappa shape index (κ2) is 7.08. The third kappa shape index (κ3) is 3.34. The number of likely N-dealkylation sites (N-methyl/N-ethyl adjacent to an activating group) is 1. The average Bonchev–Trinajstić information content (AvgIpc) is 2.68. The molecule has 124 valence electrons. The molecule has 0 atom stereocenters. The van der Waals surface area contributed by atoms with Crippen molar-refractivity contribution in [2.45, 2.75) is 0 Å². The maximum atomic E-state index is 12.4. The largest absolute Gasteiger partial charge is 0.337 e. The van der Waals surface area contributed by atoms with E-state index >= 15 is 0 Å². The highest BCUT2D eigenvalue weighted by atomic mass is 16.2. The van der Waals surface area contributed by atoms with Crippen LogP contribution in [0.4, 0.5) is 11.6 Å². The smallest absolute Gasteiger partial charge is 0.316 e. The number of piperazine rings is 1. The van der Waals surface area contributed by atoms with E-state index in [1.165, 1.54) is 4.90 Å². The number of rotatable bonds is 2. The Morgan fingerprint density at radius 1 is 0.958 bits per heavy atom. The first-order valence-electron chi connectivity index (χ1n) is 7.81. The van der Waals surface area contributed by atoms with Gasteiger partial charge in [0.2, 0.25) is 5.95 Å². The van der Waals surface area contributed by atoms with Gasteiger partial charge >= 0.3 is 11.8 Å². The van der Waals surface area contributed by atoms with Gasteiger partial charge in [-0.15, -0.1) is 0 Å². The summed E-state index contributed by atoms with van der Waals surface area (Å²) < 4.78 is 0. The van der Waals surface area contributed by atoms with Gasteiger partial charge in [-0.3, -0.25) is 9.59 Å². The highest BCUT2D eigenvalue weighted by Crippen LogP contribution is 2.14. The van der Waals surface area contributed by atoms with E-state index in [-0.39, 0.29) is 0 Å². The minimum atomic E-state index is -0.523. The van der Waals surface area contributed by atoms with Gasteiger partial charge in [0.1, 0.15) is 0 Å². The van der Waals surface area contributed by atoms with Crippen molar-refractivity contribution >= 4 is 23.5 Å². The Labute approximate surface area is 140 Å². The zero-order valence-corrected chi connectivity index (χ0v) is 13.5. The molecule has 0 spiro atoms. The summed E-state index contributed by atoms with van der Waals surface area (Å²) in [6, 6.07) is 10.9. The molecule has 3 rings (SSSR count). The fourth-order valence-corrected chi connectivity index (χ4v) is 2.61. The number of carbonyl (C=O) groups excluding carboxylic acids is 2. The van der Waals surface area contributed by atoms with Crippen LogP contribution in [0.5, 0.6) is 0 Å². The predicted octanol–water partition coefficient (Wildman–Crippen LogP) is 0.788. The van der Waals surface area contributed by atoms with Crippen LogP contribution in [-0.4, -0.2) is 59.9 Å². The van der Waals surface area contributed by atoms with E-state index in [0.29, 0.717) is 37.8 Å². The van der Waals surface area contributed by atoms with Crippen molar-refractivity contribution in [2.75, 3.05) is 43.0 Å². The molecule has 2 amide bonds. The summed E-state index contributed by atoms with van der Waals surface area (Å²) in [4.78, 5) is 38.2. The highest BCUT2D eigenvalue weighted by Gasteiger charge is 2.29. The molecule has 2 heterocycles. The first kappa shape index (κ1) is 15.9. The molecule has 1 fully saturated rings. The van der Waals surface area contributed by atoms with Crippen LogP contribution in [0, 0.1) is 0 Å². The lowest BCUT2D eigenvalue weighted by atomic mass is 10.2. The number of benzene rings is 1. The molecule has 7 heteroatoms. The van der Waals surface area contributed by atoms with Crippen molar-refractivity contribution in [3.05, 3.63) is 48.8 Å². The number of hydrogen-bond acceptors (Lipinski definition) is 5. The molecule has 2 aromatic rings. The number of hydrogen-bond donors (Lipinski definition) is 0. The molecule has 1 aromatic carbocycles. The van der Waals surface area contributed by atoms with Crippen LogP contribution in [0.25, 0.3) is 0 Å². The molecule has 0 saturated carbocycles. The Hall–Kier alpha value is -2.96. The van der Waals surface area contributed by atoms with Gasteiger partial charge in [0.15, 0.2) is 0 Å². The standard InChI is InChI=1S/C17H19N5O2/c1-20(14-6-3-2-4-7-14)15(23)16(24)21-10-12-22(13-11-21)17-18-8-5-9-19-17/h2-9H,10-13H2,1H3. The Morgan fingerprint density at radius 3 is 2.21 bits per heavy atom. The minimum Gasteiger partial charge on any atom is -0.337 e. The molecule has 24 heavy (non-hydrogen) atoms. The molecular formula is C17H19N5O2. The van der Waals surface area contributed by atoms with Gasteiger partial charge in [0, 0.05) is 51.3 Å². The van der Waals surface area contributed by atoms with E-state index in [1.807, 2.05) is 23.1 Å². The van der Waals surface area contributed by atoms with Gasteiger partial charge in [0.25, 0.3) is 0 Å². The topological polar surface area (TPSA) is 69.6 Å². The van der Waals surface area contributed by atoms with Gasteiger partial charge in [-0.1, -0.05) is 18.2 Å². The fourth-order valence-electron chi connectivity index (χ4n) is 2.61. The fraction of sp³-hybridized carbons (Fsp3) is 0.294. The number of carbonyl (C=O) groups is 2. The van der Waals surface area contributed by atoms with Crippen LogP contribution < -0.4 is 9.80 Å². The summed E-state index contributed by atoms with van der Waals surface area (Å²) in [5.41, 5.74) is 0.701. The zero-order valence-electron chi connectivity index (χ0n) is 13.5. The lowest BCUT2D eigenvalue weighted by molar-refractivity contribution is -0.144. The Balaban J connectivity index is 1.60. The first-order chi connectivity index (χ1) is 11.7. The van der Waals surface area contributed by atoms with Gasteiger partial charge in [0.05, 0.1) is 0 Å². The summed E-state index contributed by atoms with van der Waals surface area (Å²) >= 11 is 0. The molecule has 1 aromatic heterocycles. The van der Waals surface area contributed by atoms with Crippen LogP contribution in [0.15, 0.2) is 48.8 Å². The molecule has 1 aliphatic heterocycles. The Morgan fingerprint density at radius 2 is 1.58 bits per heavy atom. The van der Waals surface area contributed by atoms with Crippen molar-refractivity contribution in [1.29, 1.82) is 0 Å². The van der Waals surface area contributed by atoms with Gasteiger partial charge in [-0.05, 0) is 18.2 Å². The monoisotopic (exact) mass is 325 g/mol. The molecule has 0 radical (unpaired) electrons. The second-order valence-electron chi connectivity index (χ2n) is 5.53. The van der Waals surface area contributed by atoms with Gasteiger partial charge < -0.3 is 14.7 Å². The third-order valence-electron chi connectivity index (χ3n) is 4.03. The van der Waals surface area contributed by atoms with E-state index < -0.39 is 11.8 Å². The van der Waals surface area contributed by atoms with Gasteiger partial charge in [-0.25, -0.2) is 9.97 Å². The third-order valence-corrected chi connectivity index (χ3v) is 4.03. The SMILES string of the molecule is CN(C(=O)C(=O)N1CCN(c2ncccn2)CC1)c1ccccc1. The van der Waals surface area contributed by atoms with Crippen molar-refractivity contribution in [2.24, 2.45) is 0 Å². The molecule has 1 aliphatic rings. The maximum Gasteiger partial charge on any atom is 0.316 e. The molecule has 7 nitrogen and oxygen atoms in total. The molecule has 0 bridgehead atoms. The Bertz CT molecular complexity index is 699. The van der Waals surface area contributed by atoms with Crippen LogP contribution >= 0.6 is 0 Å². The summed E-state index contributed by atoms with van der Waals surface area (Å²) in [7, 11) is 1.61. The predicted molar refractivity (Wildman–Crippen MR) is 90.7 cm³/mol. The highest BCUT2D eigenvalue weighted by molar-refractivity contribution is 6.40. The number of anilines is 2. The Kier molecular flexibility index (Phi) is 4.69. The van der Waals surface area contributed by atoms with Gasteiger partial charge in [-0.2, -0.15) is 0 Å². The number of nitrogens with zero attached hydrogens (tertiary/aromatic N) is 5. The summed E-state index contributed by atoms with van der Waals surface area (Å²) in [5.74, 6) is -0.349. The lowest BCUT2D eigenvalue weighted by Crippen LogP contribution is -2.53. The summed E-state index contributed by atoms with van der Waals surface area (Å²) in [6.07, 6.45) is 3.39. The minimum absolute atomic E-state index is 0.477. The van der Waals surface area contributed by atoms with E-state index in [9.17, 15) is 9.59 Å².